The van der Waals surface area contributed by atoms with E-state index in [1.54, 1.807) is 17.9 Å². The van der Waals surface area contributed by atoms with Crippen LogP contribution in [-0.2, 0) is 16.1 Å². The number of carbonyl (C=O) groups is 2. The van der Waals surface area contributed by atoms with E-state index in [-0.39, 0.29) is 30.2 Å². The Hall–Kier alpha value is -3.11. The topological polar surface area (TPSA) is 49.4 Å². The lowest BCUT2D eigenvalue weighted by atomic mass is 9.88. The molecule has 1 N–H and O–H groups in total. The molecule has 0 aromatic heterocycles. The molecule has 0 bridgehead atoms. The van der Waals surface area contributed by atoms with Gasteiger partial charge in [0, 0.05) is 29.9 Å². The van der Waals surface area contributed by atoms with Crippen molar-refractivity contribution in [3.8, 4) is 0 Å². The molecule has 0 aliphatic rings. The molecular weight excluding hydrogens is 444 g/mol. The lowest BCUT2D eigenvalue weighted by Gasteiger charge is -2.31. The fraction of sp³-hybridized carbons (Fsp3) is 0.310. The van der Waals surface area contributed by atoms with E-state index >= 15 is 0 Å². The fourth-order valence-electron chi connectivity index (χ4n) is 3.97. The summed E-state index contributed by atoms with van der Waals surface area (Å²) in [6.45, 7) is 6.09. The fourth-order valence-corrected chi connectivity index (χ4v) is 4.18. The average molecular weight is 477 g/mol. The Balaban J connectivity index is 1.91. The zero-order valence-corrected chi connectivity index (χ0v) is 20.8. The van der Waals surface area contributed by atoms with Gasteiger partial charge in [0.25, 0.3) is 0 Å². The Bertz CT molecular complexity index is 1030. The Morgan fingerprint density at radius 2 is 1.47 bits per heavy atom. The molecule has 178 valence electrons. The number of hydrogen-bond acceptors (Lipinski definition) is 2. The molecule has 4 nitrogen and oxygen atoms in total. The van der Waals surface area contributed by atoms with Crippen molar-refractivity contribution < 1.29 is 9.59 Å². The van der Waals surface area contributed by atoms with Crippen LogP contribution in [0.4, 0.5) is 0 Å². The van der Waals surface area contributed by atoms with Crippen LogP contribution in [0, 0.1) is 0 Å². The summed E-state index contributed by atoms with van der Waals surface area (Å²) in [7, 11) is 0. The second-order valence-electron chi connectivity index (χ2n) is 8.72. The first kappa shape index (κ1) is 25.5. The van der Waals surface area contributed by atoms with Gasteiger partial charge in [0.15, 0.2) is 0 Å². The Labute approximate surface area is 207 Å². The number of benzene rings is 3. The summed E-state index contributed by atoms with van der Waals surface area (Å²) < 4.78 is 0. The first-order valence-corrected chi connectivity index (χ1v) is 12.2. The van der Waals surface area contributed by atoms with Crippen LogP contribution in [0.5, 0.6) is 0 Å². The van der Waals surface area contributed by atoms with Gasteiger partial charge in [0.1, 0.15) is 6.04 Å². The Kier molecular flexibility index (Phi) is 9.29. The Morgan fingerprint density at radius 3 is 2.00 bits per heavy atom. The van der Waals surface area contributed by atoms with Crippen molar-refractivity contribution in [1.29, 1.82) is 0 Å². The van der Waals surface area contributed by atoms with E-state index in [9.17, 15) is 9.59 Å². The van der Waals surface area contributed by atoms with Crippen molar-refractivity contribution in [1.82, 2.24) is 10.2 Å². The van der Waals surface area contributed by atoms with Gasteiger partial charge >= 0.3 is 0 Å². The number of hydrogen-bond donors (Lipinski definition) is 1. The second-order valence-corrected chi connectivity index (χ2v) is 9.16. The van der Waals surface area contributed by atoms with Gasteiger partial charge in [-0.2, -0.15) is 0 Å². The van der Waals surface area contributed by atoms with Crippen molar-refractivity contribution in [2.45, 2.75) is 58.2 Å². The van der Waals surface area contributed by atoms with E-state index in [1.807, 2.05) is 92.7 Å². The van der Waals surface area contributed by atoms with Crippen LogP contribution in [0.2, 0.25) is 5.02 Å². The molecule has 0 spiro atoms. The van der Waals surface area contributed by atoms with E-state index in [0.29, 0.717) is 11.6 Å². The summed E-state index contributed by atoms with van der Waals surface area (Å²) in [5.74, 6) is -0.341. The molecule has 2 atom stereocenters. The standard InChI is InChI=1S/C29H33ClN2O2/c1-4-21(2)31-29(34)22(3)32(20-23-12-11-17-26(30)18-23)28(33)19-27(24-13-7-5-8-14-24)25-15-9-6-10-16-25/h5-18,21-22,27H,4,19-20H2,1-3H3,(H,31,34)/t21-,22+/m0/s1. The van der Waals surface area contributed by atoms with Gasteiger partial charge in [-0.05, 0) is 49.1 Å². The predicted octanol–water partition coefficient (Wildman–Crippen LogP) is 6.19. The van der Waals surface area contributed by atoms with Crippen LogP contribution in [0.15, 0.2) is 84.9 Å². The van der Waals surface area contributed by atoms with Crippen molar-refractivity contribution >= 4 is 23.4 Å². The van der Waals surface area contributed by atoms with Crippen LogP contribution in [-0.4, -0.2) is 28.8 Å². The minimum absolute atomic E-state index is 0.0412. The monoisotopic (exact) mass is 476 g/mol. The quantitative estimate of drug-likeness (QED) is 0.379. The molecule has 0 radical (unpaired) electrons. The van der Waals surface area contributed by atoms with Crippen molar-refractivity contribution in [2.75, 3.05) is 0 Å². The van der Waals surface area contributed by atoms with Crippen molar-refractivity contribution in [3.63, 3.8) is 0 Å². The maximum absolute atomic E-state index is 13.8. The summed E-state index contributed by atoms with van der Waals surface area (Å²) in [4.78, 5) is 28.5. The molecule has 0 fully saturated rings. The highest BCUT2D eigenvalue weighted by atomic mass is 35.5. The number of nitrogens with zero attached hydrogens (tertiary/aromatic N) is 1. The largest absolute Gasteiger partial charge is 0.352 e. The molecule has 0 aliphatic heterocycles. The molecule has 0 saturated heterocycles. The highest BCUT2D eigenvalue weighted by molar-refractivity contribution is 6.30. The van der Waals surface area contributed by atoms with Gasteiger partial charge in [0.05, 0.1) is 0 Å². The molecule has 3 aromatic carbocycles. The van der Waals surface area contributed by atoms with E-state index < -0.39 is 6.04 Å². The number of carbonyl (C=O) groups excluding carboxylic acids is 2. The molecule has 0 unspecified atom stereocenters. The van der Waals surface area contributed by atoms with Gasteiger partial charge < -0.3 is 10.2 Å². The van der Waals surface area contributed by atoms with Gasteiger partial charge in [-0.15, -0.1) is 0 Å². The molecule has 0 aliphatic carbocycles. The summed E-state index contributed by atoms with van der Waals surface area (Å²) in [5, 5.41) is 3.62. The first-order chi connectivity index (χ1) is 16.4. The maximum Gasteiger partial charge on any atom is 0.242 e. The highest BCUT2D eigenvalue weighted by Crippen LogP contribution is 2.29. The third kappa shape index (κ3) is 6.94. The molecule has 0 saturated carbocycles. The first-order valence-electron chi connectivity index (χ1n) is 11.8. The van der Waals surface area contributed by atoms with Crippen LogP contribution >= 0.6 is 11.6 Å². The van der Waals surface area contributed by atoms with Gasteiger partial charge in [-0.1, -0.05) is 91.3 Å². The second kappa shape index (κ2) is 12.4. The van der Waals surface area contributed by atoms with E-state index in [2.05, 4.69) is 5.32 Å². The molecule has 2 amide bonds. The van der Waals surface area contributed by atoms with Crippen LogP contribution < -0.4 is 5.32 Å². The number of amides is 2. The van der Waals surface area contributed by atoms with E-state index in [0.717, 1.165) is 23.1 Å². The molecule has 3 rings (SSSR count). The van der Waals surface area contributed by atoms with Gasteiger partial charge in [0.2, 0.25) is 11.8 Å². The van der Waals surface area contributed by atoms with Crippen molar-refractivity contribution in [3.05, 3.63) is 107 Å². The third-order valence-electron chi connectivity index (χ3n) is 6.19. The normalized spacial score (nSPS) is 12.7. The minimum atomic E-state index is -0.618. The minimum Gasteiger partial charge on any atom is -0.352 e. The Morgan fingerprint density at radius 1 is 0.882 bits per heavy atom. The van der Waals surface area contributed by atoms with Crippen LogP contribution in [0.1, 0.15) is 56.2 Å². The molecule has 34 heavy (non-hydrogen) atoms. The smallest absolute Gasteiger partial charge is 0.242 e. The summed E-state index contributed by atoms with van der Waals surface area (Å²) in [6, 6.07) is 26.9. The van der Waals surface area contributed by atoms with Gasteiger partial charge in [-0.25, -0.2) is 0 Å². The molecule has 3 aromatic rings. The molecule has 5 heteroatoms. The van der Waals surface area contributed by atoms with Crippen LogP contribution in [0.3, 0.4) is 0 Å². The summed E-state index contributed by atoms with van der Waals surface area (Å²) >= 11 is 6.20. The van der Waals surface area contributed by atoms with Crippen LogP contribution in [0.25, 0.3) is 0 Å². The van der Waals surface area contributed by atoms with E-state index in [1.165, 1.54) is 0 Å². The predicted molar refractivity (Wildman–Crippen MR) is 139 cm³/mol. The third-order valence-corrected chi connectivity index (χ3v) is 6.43. The maximum atomic E-state index is 13.8. The van der Waals surface area contributed by atoms with Gasteiger partial charge in [-0.3, -0.25) is 9.59 Å². The summed E-state index contributed by atoms with van der Waals surface area (Å²) in [5.41, 5.74) is 3.03. The lowest BCUT2D eigenvalue weighted by Crippen LogP contribution is -2.49. The lowest BCUT2D eigenvalue weighted by molar-refractivity contribution is -0.141. The number of halogens is 1. The zero-order valence-electron chi connectivity index (χ0n) is 20.1. The highest BCUT2D eigenvalue weighted by Gasteiger charge is 2.29. The number of rotatable bonds is 10. The summed E-state index contributed by atoms with van der Waals surface area (Å²) in [6.07, 6.45) is 1.08. The molecular formula is C29H33ClN2O2. The van der Waals surface area contributed by atoms with Crippen molar-refractivity contribution in [2.24, 2.45) is 0 Å². The number of nitrogens with one attached hydrogen (secondary N) is 1. The van der Waals surface area contributed by atoms with E-state index in [4.69, 9.17) is 11.6 Å². The SMILES string of the molecule is CC[C@H](C)NC(=O)[C@@H](C)N(Cc1cccc(Cl)c1)C(=O)CC(c1ccccc1)c1ccccc1. The molecule has 0 heterocycles. The average Bonchev–Trinajstić information content (AvgIpc) is 2.86. The zero-order chi connectivity index (χ0) is 24.5.